The van der Waals surface area contributed by atoms with E-state index in [9.17, 15) is 4.79 Å². The summed E-state index contributed by atoms with van der Waals surface area (Å²) < 4.78 is 10.8. The van der Waals surface area contributed by atoms with Crippen molar-refractivity contribution in [1.29, 1.82) is 0 Å². The van der Waals surface area contributed by atoms with Gasteiger partial charge in [-0.25, -0.2) is 4.99 Å². The van der Waals surface area contributed by atoms with Gasteiger partial charge in [0.15, 0.2) is 0 Å². The van der Waals surface area contributed by atoms with Crippen LogP contribution in [0.5, 0.6) is 11.5 Å². The van der Waals surface area contributed by atoms with Gasteiger partial charge in [0.05, 0.1) is 19.3 Å². The van der Waals surface area contributed by atoms with E-state index in [1.165, 1.54) is 4.88 Å². The Morgan fingerprint density at radius 2 is 1.80 bits per heavy atom. The molecule has 1 aliphatic rings. The predicted octanol–water partition coefficient (Wildman–Crippen LogP) is 7.31. The predicted molar refractivity (Wildman–Crippen MR) is 145 cm³/mol. The molecule has 1 amide bonds. The molecule has 3 aromatic rings. The molecule has 1 atom stereocenters. The van der Waals surface area contributed by atoms with E-state index in [0.29, 0.717) is 18.1 Å². The number of aliphatic imine (C=N–C) groups is 1. The van der Waals surface area contributed by atoms with Crippen molar-refractivity contribution in [3.63, 3.8) is 0 Å². The van der Waals surface area contributed by atoms with Gasteiger partial charge in [-0.3, -0.25) is 4.79 Å². The first-order valence-corrected chi connectivity index (χ1v) is 13.0. The largest absolute Gasteiger partial charge is 0.497 e. The van der Waals surface area contributed by atoms with Crippen molar-refractivity contribution in [2.24, 2.45) is 16.3 Å². The number of amides is 1. The fourth-order valence-corrected chi connectivity index (χ4v) is 5.72. The molecule has 0 bridgehead atoms. The quantitative estimate of drug-likeness (QED) is 0.353. The minimum Gasteiger partial charge on any atom is -0.497 e. The number of fused-ring (bicyclic) bond motifs is 1. The Bertz CT molecular complexity index is 1190. The van der Waals surface area contributed by atoms with Gasteiger partial charge in [0, 0.05) is 16.8 Å². The van der Waals surface area contributed by atoms with Gasteiger partial charge in [-0.1, -0.05) is 20.8 Å². The van der Waals surface area contributed by atoms with Gasteiger partial charge in [0.2, 0.25) is 0 Å². The topological polar surface area (TPSA) is 59.9 Å². The number of thiophene rings is 1. The molecule has 0 aliphatic heterocycles. The van der Waals surface area contributed by atoms with Crippen LogP contribution in [0.3, 0.4) is 0 Å². The second-order valence-electron chi connectivity index (χ2n) is 9.93. The maximum absolute atomic E-state index is 13.5. The number of carbonyl (C=O) groups is 1. The minimum atomic E-state index is -0.109. The number of nitrogens with one attached hydrogen (secondary N) is 1. The van der Waals surface area contributed by atoms with Crippen LogP contribution in [0.4, 0.5) is 10.7 Å². The number of rotatable bonds is 7. The molecule has 2 aromatic carbocycles. The van der Waals surface area contributed by atoms with E-state index in [4.69, 9.17) is 14.5 Å². The van der Waals surface area contributed by atoms with Crippen molar-refractivity contribution in [3.8, 4) is 11.5 Å². The van der Waals surface area contributed by atoms with E-state index < -0.39 is 0 Å². The summed E-state index contributed by atoms with van der Waals surface area (Å²) in [5, 5.41) is 3.85. The SMILES string of the molecule is CCOc1ccc(NC(=O)c2c(N=Cc3ccc(OC)cc3)sc3c2CCC(C(C)(C)C)C3)cc1. The Morgan fingerprint density at radius 3 is 2.43 bits per heavy atom. The van der Waals surface area contributed by atoms with E-state index in [-0.39, 0.29) is 11.3 Å². The lowest BCUT2D eigenvalue weighted by Gasteiger charge is -2.33. The monoisotopic (exact) mass is 490 g/mol. The molecule has 4 rings (SSSR count). The first-order chi connectivity index (χ1) is 16.8. The normalized spacial score (nSPS) is 15.6. The summed E-state index contributed by atoms with van der Waals surface area (Å²) in [5.74, 6) is 2.07. The molecule has 5 nitrogen and oxygen atoms in total. The number of methoxy groups -OCH3 is 1. The van der Waals surface area contributed by atoms with Crippen LogP contribution in [0.25, 0.3) is 0 Å². The molecule has 0 saturated carbocycles. The third kappa shape index (κ3) is 5.93. The van der Waals surface area contributed by atoms with Crippen LogP contribution >= 0.6 is 11.3 Å². The lowest BCUT2D eigenvalue weighted by Crippen LogP contribution is -2.27. The molecular weight excluding hydrogens is 456 g/mol. The van der Waals surface area contributed by atoms with Gasteiger partial charge in [-0.2, -0.15) is 0 Å². The van der Waals surface area contributed by atoms with Crippen molar-refractivity contribution in [2.75, 3.05) is 19.0 Å². The van der Waals surface area contributed by atoms with Crippen molar-refractivity contribution in [3.05, 3.63) is 70.1 Å². The lowest BCUT2D eigenvalue weighted by molar-refractivity contribution is 0.102. The molecule has 0 fully saturated rings. The number of anilines is 1. The van der Waals surface area contributed by atoms with Crippen LogP contribution in [0.15, 0.2) is 53.5 Å². The van der Waals surface area contributed by atoms with Crippen molar-refractivity contribution in [2.45, 2.75) is 47.0 Å². The molecule has 1 unspecified atom stereocenters. The van der Waals surface area contributed by atoms with Crippen LogP contribution < -0.4 is 14.8 Å². The van der Waals surface area contributed by atoms with E-state index >= 15 is 0 Å². The molecule has 184 valence electrons. The van der Waals surface area contributed by atoms with E-state index in [1.54, 1.807) is 18.4 Å². The fraction of sp³-hybridized carbons (Fsp3) is 0.379. The highest BCUT2D eigenvalue weighted by molar-refractivity contribution is 7.16. The number of nitrogens with zero attached hydrogens (tertiary/aromatic N) is 1. The second kappa shape index (κ2) is 10.6. The molecule has 1 N–H and O–H groups in total. The molecule has 1 aliphatic carbocycles. The van der Waals surface area contributed by atoms with Crippen LogP contribution in [0, 0.1) is 11.3 Å². The van der Waals surface area contributed by atoms with Crippen molar-refractivity contribution >= 4 is 34.1 Å². The van der Waals surface area contributed by atoms with Gasteiger partial charge >= 0.3 is 0 Å². The molecule has 35 heavy (non-hydrogen) atoms. The molecular formula is C29H34N2O3S. The zero-order valence-electron chi connectivity index (χ0n) is 21.2. The van der Waals surface area contributed by atoms with E-state index in [1.807, 2.05) is 61.7 Å². The number of hydrogen-bond acceptors (Lipinski definition) is 5. The minimum absolute atomic E-state index is 0.109. The Labute approximate surface area is 212 Å². The summed E-state index contributed by atoms with van der Waals surface area (Å²) in [6, 6.07) is 15.2. The smallest absolute Gasteiger partial charge is 0.259 e. The molecule has 0 spiro atoms. The molecule has 0 saturated heterocycles. The molecule has 6 heteroatoms. The Hall–Kier alpha value is -3.12. The highest BCUT2D eigenvalue weighted by Crippen LogP contribution is 2.45. The fourth-order valence-electron chi connectivity index (χ4n) is 4.45. The van der Waals surface area contributed by atoms with Crippen molar-refractivity contribution in [1.82, 2.24) is 0 Å². The Kier molecular flexibility index (Phi) is 7.60. The van der Waals surface area contributed by atoms with Gasteiger partial charge < -0.3 is 14.8 Å². The van der Waals surface area contributed by atoms with E-state index in [2.05, 4.69) is 26.1 Å². The zero-order chi connectivity index (χ0) is 25.0. The Balaban J connectivity index is 1.64. The summed E-state index contributed by atoms with van der Waals surface area (Å²) in [7, 11) is 1.65. The van der Waals surface area contributed by atoms with Crippen molar-refractivity contribution < 1.29 is 14.3 Å². The number of ether oxygens (including phenoxy) is 2. The molecule has 1 heterocycles. The lowest BCUT2D eigenvalue weighted by atomic mass is 9.72. The average molecular weight is 491 g/mol. The Morgan fingerprint density at radius 1 is 1.11 bits per heavy atom. The highest BCUT2D eigenvalue weighted by Gasteiger charge is 2.33. The summed E-state index contributed by atoms with van der Waals surface area (Å²) in [4.78, 5) is 19.6. The maximum Gasteiger partial charge on any atom is 0.259 e. The van der Waals surface area contributed by atoms with Crippen LogP contribution in [0.2, 0.25) is 0 Å². The average Bonchev–Trinajstić information content (AvgIpc) is 3.21. The van der Waals surface area contributed by atoms with Gasteiger partial charge in [-0.05, 0) is 97.2 Å². The molecule has 0 radical (unpaired) electrons. The summed E-state index contributed by atoms with van der Waals surface area (Å²) >= 11 is 1.65. The third-order valence-corrected chi connectivity index (χ3v) is 7.73. The first kappa shape index (κ1) is 25.0. The first-order valence-electron chi connectivity index (χ1n) is 12.2. The van der Waals surface area contributed by atoms with E-state index in [0.717, 1.165) is 52.6 Å². The number of benzene rings is 2. The summed E-state index contributed by atoms with van der Waals surface area (Å²) in [5.41, 5.74) is 3.80. The third-order valence-electron chi connectivity index (χ3n) is 6.57. The number of hydrogen-bond donors (Lipinski definition) is 1. The molecule has 1 aromatic heterocycles. The standard InChI is InChI=1S/C29H34N2O3S/c1-6-34-23-14-10-21(11-15-23)31-27(32)26-24-16-9-20(29(2,3)4)17-25(24)35-28(26)30-18-19-7-12-22(33-5)13-8-19/h7-8,10-15,18,20H,6,9,16-17H2,1-5H3,(H,31,32). The summed E-state index contributed by atoms with van der Waals surface area (Å²) in [6.07, 6.45) is 4.80. The zero-order valence-corrected chi connectivity index (χ0v) is 22.0. The van der Waals surface area contributed by atoms with Crippen LogP contribution in [-0.4, -0.2) is 25.8 Å². The summed E-state index contributed by atoms with van der Waals surface area (Å²) in [6.45, 7) is 9.47. The highest BCUT2D eigenvalue weighted by atomic mass is 32.1. The van der Waals surface area contributed by atoms with Gasteiger partial charge in [0.25, 0.3) is 5.91 Å². The second-order valence-corrected chi connectivity index (χ2v) is 11.0. The van der Waals surface area contributed by atoms with Crippen LogP contribution in [0.1, 0.15) is 60.5 Å². The maximum atomic E-state index is 13.5. The van der Waals surface area contributed by atoms with Gasteiger partial charge in [0.1, 0.15) is 16.5 Å². The number of carbonyl (C=O) groups excluding carboxylic acids is 1. The van der Waals surface area contributed by atoms with Gasteiger partial charge in [-0.15, -0.1) is 11.3 Å². The van der Waals surface area contributed by atoms with Crippen LogP contribution in [-0.2, 0) is 12.8 Å².